The number of carbonyl (C=O) groups is 2. The quantitative estimate of drug-likeness (QED) is 0.102. The Labute approximate surface area is 264 Å². The maximum Gasteiger partial charge on any atom is 0.399 e. The molecule has 0 bridgehead atoms. The average molecular weight is 674 g/mol. The highest BCUT2D eigenvalue weighted by molar-refractivity contribution is 7.89. The van der Waals surface area contributed by atoms with Crippen LogP contribution in [0.5, 0.6) is 0 Å². The van der Waals surface area contributed by atoms with E-state index in [1.165, 1.54) is 24.3 Å². The Hall–Kier alpha value is -4.26. The van der Waals surface area contributed by atoms with Crippen LogP contribution in [0.3, 0.4) is 0 Å². The summed E-state index contributed by atoms with van der Waals surface area (Å²) in [4.78, 5) is 46.1. The lowest BCUT2D eigenvalue weighted by Crippen LogP contribution is -2.45. The molecule has 0 aliphatic rings. The topological polar surface area (TPSA) is 170 Å². The molecule has 4 aromatic carbocycles. The highest BCUT2D eigenvalue weighted by Crippen LogP contribution is 2.59. The molecule has 0 heterocycles. The van der Waals surface area contributed by atoms with Crippen molar-refractivity contribution in [2.45, 2.75) is 36.6 Å². The summed E-state index contributed by atoms with van der Waals surface area (Å²) >= 11 is 0. The standard InChI is InChI=1S/C32H30F2NO9PS/c33-32(34,45(38,39)40)27-15-11-23(12-16-27)19-31(29(36)43-21-25-7-3-1-4-8-25,30(37)44-22-26-9-5-2-6-10-26)20-24-13-17-28(18-14-24)46(35,41)42/h1-18H,19-22H2,(H2,35,41,42)(H2,38,39,40). The third-order valence-electron chi connectivity index (χ3n) is 7.14. The van der Waals surface area contributed by atoms with Gasteiger partial charge in [-0.2, -0.15) is 8.78 Å². The predicted molar refractivity (Wildman–Crippen MR) is 163 cm³/mol. The van der Waals surface area contributed by atoms with Crippen molar-refractivity contribution in [3.05, 3.63) is 137 Å². The number of primary sulfonamides is 1. The molecule has 4 rings (SSSR count). The van der Waals surface area contributed by atoms with Gasteiger partial charge in [0.2, 0.25) is 10.0 Å². The second-order valence-corrected chi connectivity index (χ2v) is 13.7. The monoisotopic (exact) mass is 673 g/mol. The maximum absolute atomic E-state index is 14.4. The Balaban J connectivity index is 1.77. The van der Waals surface area contributed by atoms with E-state index in [2.05, 4.69) is 0 Å². The Morgan fingerprint density at radius 3 is 1.43 bits per heavy atom. The van der Waals surface area contributed by atoms with Gasteiger partial charge in [0.05, 0.1) is 4.90 Å². The van der Waals surface area contributed by atoms with Gasteiger partial charge >= 0.3 is 25.2 Å². The van der Waals surface area contributed by atoms with E-state index in [9.17, 15) is 31.4 Å². The normalized spacial score (nSPS) is 12.4. The Kier molecular flexibility index (Phi) is 10.5. The van der Waals surface area contributed by atoms with Crippen LogP contribution in [-0.2, 0) is 65.4 Å². The van der Waals surface area contributed by atoms with Crippen molar-refractivity contribution in [2.24, 2.45) is 10.6 Å². The van der Waals surface area contributed by atoms with Gasteiger partial charge in [0.1, 0.15) is 13.2 Å². The zero-order chi connectivity index (χ0) is 33.6. The van der Waals surface area contributed by atoms with Crippen LogP contribution in [0.4, 0.5) is 8.78 Å². The van der Waals surface area contributed by atoms with Gasteiger partial charge in [0.15, 0.2) is 5.41 Å². The first-order chi connectivity index (χ1) is 21.6. The number of hydrogen-bond acceptors (Lipinski definition) is 7. The molecular formula is C32H30F2NO9PS. The summed E-state index contributed by atoms with van der Waals surface area (Å²) in [7, 11) is -9.90. The van der Waals surface area contributed by atoms with Crippen molar-refractivity contribution in [1.82, 2.24) is 0 Å². The Morgan fingerprint density at radius 1 is 0.674 bits per heavy atom. The second-order valence-electron chi connectivity index (χ2n) is 10.5. The van der Waals surface area contributed by atoms with Gasteiger partial charge in [-0.25, -0.2) is 13.6 Å². The minimum atomic E-state index is -5.85. The van der Waals surface area contributed by atoms with Crippen molar-refractivity contribution in [3.63, 3.8) is 0 Å². The van der Waals surface area contributed by atoms with E-state index in [0.29, 0.717) is 16.7 Å². The smallest absolute Gasteiger partial charge is 0.399 e. The number of sulfonamides is 1. The number of hydrogen-bond donors (Lipinski definition) is 3. The van der Waals surface area contributed by atoms with Crippen LogP contribution >= 0.6 is 7.60 Å². The average Bonchev–Trinajstić information content (AvgIpc) is 3.02. The van der Waals surface area contributed by atoms with Gasteiger partial charge in [0, 0.05) is 5.56 Å². The van der Waals surface area contributed by atoms with Crippen molar-refractivity contribution >= 4 is 29.6 Å². The van der Waals surface area contributed by atoms with Crippen molar-refractivity contribution < 1.29 is 50.6 Å². The second kappa shape index (κ2) is 14.0. The summed E-state index contributed by atoms with van der Waals surface area (Å²) in [5.41, 5.74) is -5.85. The summed E-state index contributed by atoms with van der Waals surface area (Å²) in [6, 6.07) is 26.2. The molecule has 10 nitrogen and oxygen atoms in total. The number of halogens is 2. The number of ether oxygens (including phenoxy) is 2. The molecule has 0 radical (unpaired) electrons. The third kappa shape index (κ3) is 8.31. The lowest BCUT2D eigenvalue weighted by molar-refractivity contribution is -0.174. The maximum atomic E-state index is 14.4. The molecule has 0 fully saturated rings. The lowest BCUT2D eigenvalue weighted by Gasteiger charge is -2.30. The van der Waals surface area contributed by atoms with Crippen LogP contribution < -0.4 is 5.14 Å². The minimum Gasteiger partial charge on any atom is -0.460 e. The highest BCUT2D eigenvalue weighted by Gasteiger charge is 2.51. The fourth-order valence-corrected chi connectivity index (χ4v) is 5.64. The number of benzene rings is 4. The fourth-order valence-electron chi connectivity index (χ4n) is 4.64. The summed E-state index contributed by atoms with van der Waals surface area (Å²) in [5, 5.41) is 5.21. The van der Waals surface area contributed by atoms with Crippen LogP contribution in [0.2, 0.25) is 0 Å². The van der Waals surface area contributed by atoms with Gasteiger partial charge in [-0.1, -0.05) is 97.1 Å². The van der Waals surface area contributed by atoms with Crippen LogP contribution in [0, 0.1) is 5.41 Å². The van der Waals surface area contributed by atoms with Crippen LogP contribution in [-0.4, -0.2) is 30.1 Å². The molecule has 14 heteroatoms. The van der Waals surface area contributed by atoms with Crippen LogP contribution in [0.25, 0.3) is 0 Å². The largest absolute Gasteiger partial charge is 0.460 e. The molecule has 46 heavy (non-hydrogen) atoms. The molecule has 0 saturated carbocycles. The first-order valence-corrected chi connectivity index (χ1v) is 16.8. The van der Waals surface area contributed by atoms with E-state index in [0.717, 1.165) is 24.3 Å². The molecule has 0 saturated heterocycles. The molecule has 0 amide bonds. The van der Waals surface area contributed by atoms with Gasteiger partial charge in [-0.3, -0.25) is 14.2 Å². The Morgan fingerprint density at radius 2 is 1.07 bits per heavy atom. The minimum absolute atomic E-state index is 0.166. The molecule has 0 spiro atoms. The summed E-state index contributed by atoms with van der Waals surface area (Å²) in [5.74, 6) is -2.01. The molecule has 0 unspecified atom stereocenters. The SMILES string of the molecule is NS(=O)(=O)c1ccc(CC(Cc2ccc(C(F)(F)P(=O)(O)O)cc2)(C(=O)OCc2ccccc2)C(=O)OCc2ccccc2)cc1. The van der Waals surface area contributed by atoms with Crippen LogP contribution in [0.1, 0.15) is 27.8 Å². The third-order valence-corrected chi connectivity index (χ3v) is 9.06. The van der Waals surface area contributed by atoms with Crippen molar-refractivity contribution in [3.8, 4) is 0 Å². The lowest BCUT2D eigenvalue weighted by atomic mass is 9.76. The van der Waals surface area contributed by atoms with E-state index < -0.39 is 52.6 Å². The molecule has 4 N–H and O–H groups in total. The van der Waals surface area contributed by atoms with Gasteiger partial charge in [-0.15, -0.1) is 0 Å². The Bertz CT molecular complexity index is 1760. The van der Waals surface area contributed by atoms with E-state index in [4.69, 9.17) is 24.4 Å². The molecule has 0 aliphatic heterocycles. The van der Waals surface area contributed by atoms with Crippen LogP contribution in [0.15, 0.2) is 114 Å². The molecule has 0 atom stereocenters. The first-order valence-electron chi connectivity index (χ1n) is 13.7. The van der Waals surface area contributed by atoms with Gasteiger partial charge < -0.3 is 19.3 Å². The molecule has 0 aliphatic carbocycles. The zero-order valence-electron chi connectivity index (χ0n) is 24.2. The number of nitrogens with two attached hydrogens (primary N) is 1. The van der Waals surface area contributed by atoms with E-state index >= 15 is 0 Å². The number of esters is 2. The van der Waals surface area contributed by atoms with Crippen molar-refractivity contribution in [2.75, 3.05) is 0 Å². The van der Waals surface area contributed by atoms with E-state index in [1.807, 2.05) is 0 Å². The fraction of sp³-hybridized carbons (Fsp3) is 0.188. The predicted octanol–water partition coefficient (Wildman–Crippen LogP) is 4.82. The summed E-state index contributed by atoms with van der Waals surface area (Å²) in [6.07, 6.45) is -0.799. The highest BCUT2D eigenvalue weighted by atomic mass is 32.2. The van der Waals surface area contributed by atoms with Gasteiger partial charge in [-0.05, 0) is 47.2 Å². The molecule has 242 valence electrons. The van der Waals surface area contributed by atoms with Crippen molar-refractivity contribution in [1.29, 1.82) is 0 Å². The molecule has 0 aromatic heterocycles. The first kappa shape index (κ1) is 34.6. The number of rotatable bonds is 13. The molecule has 4 aromatic rings. The van der Waals surface area contributed by atoms with Gasteiger partial charge in [0.25, 0.3) is 0 Å². The zero-order valence-corrected chi connectivity index (χ0v) is 25.9. The summed E-state index contributed by atoms with van der Waals surface area (Å²) < 4.78 is 75.0. The van der Waals surface area contributed by atoms with E-state index in [1.54, 1.807) is 60.7 Å². The van der Waals surface area contributed by atoms with E-state index in [-0.39, 0.29) is 30.1 Å². The number of alkyl halides is 2. The number of carbonyl (C=O) groups excluding carboxylic acids is 2. The molecular weight excluding hydrogens is 643 g/mol. The summed E-state index contributed by atoms with van der Waals surface area (Å²) in [6.45, 7) is -0.434.